The van der Waals surface area contributed by atoms with Gasteiger partial charge in [0.1, 0.15) is 0 Å². The van der Waals surface area contributed by atoms with Crippen LogP contribution >= 0.6 is 0 Å². The van der Waals surface area contributed by atoms with Crippen molar-refractivity contribution in [2.24, 2.45) is 0 Å². The average molecular weight is 499 g/mol. The predicted octanol–water partition coefficient (Wildman–Crippen LogP) is 11.1. The van der Waals surface area contributed by atoms with Crippen molar-refractivity contribution in [3.63, 3.8) is 0 Å². The van der Waals surface area contributed by atoms with Crippen molar-refractivity contribution in [3.8, 4) is 33.4 Å². The van der Waals surface area contributed by atoms with Crippen LogP contribution in [-0.2, 0) is 0 Å². The summed E-state index contributed by atoms with van der Waals surface area (Å²) in [6.45, 7) is 6.66. The average Bonchev–Trinajstić information content (AvgIpc) is 2.97. The molecule has 0 radical (unpaired) electrons. The zero-order valence-electron chi connectivity index (χ0n) is 22.6. The quantitative estimate of drug-likeness (QED) is 0.213. The topological polar surface area (TPSA) is 0 Å². The molecule has 0 saturated heterocycles. The zero-order valence-corrected chi connectivity index (χ0v) is 22.6. The van der Waals surface area contributed by atoms with E-state index in [1.807, 2.05) is 0 Å². The number of rotatable bonds is 3. The first kappa shape index (κ1) is 23.4. The second kappa shape index (κ2) is 9.26. The molecule has 0 heteroatoms. The van der Waals surface area contributed by atoms with Gasteiger partial charge < -0.3 is 0 Å². The van der Waals surface area contributed by atoms with Gasteiger partial charge in [0.05, 0.1) is 0 Å². The van der Waals surface area contributed by atoms with Gasteiger partial charge in [-0.05, 0) is 110 Å². The largest absolute Gasteiger partial charge is 0.0622 e. The number of hydrogen-bond acceptors (Lipinski definition) is 0. The maximum Gasteiger partial charge on any atom is -0.00198 e. The van der Waals surface area contributed by atoms with Gasteiger partial charge in [-0.1, -0.05) is 121 Å². The van der Waals surface area contributed by atoms with Gasteiger partial charge in [-0.3, -0.25) is 0 Å². The molecular formula is C39H30. The summed E-state index contributed by atoms with van der Waals surface area (Å²) in [4.78, 5) is 0. The molecular weight excluding hydrogens is 468 g/mol. The highest BCUT2D eigenvalue weighted by Crippen LogP contribution is 2.47. The molecule has 0 fully saturated rings. The van der Waals surface area contributed by atoms with Crippen LogP contribution in [0.15, 0.2) is 127 Å². The normalized spacial score (nSPS) is 11.5. The van der Waals surface area contributed by atoms with E-state index in [9.17, 15) is 0 Å². The monoisotopic (exact) mass is 498 g/mol. The smallest absolute Gasteiger partial charge is 0.00198 e. The molecule has 0 heterocycles. The summed E-state index contributed by atoms with van der Waals surface area (Å²) in [6.07, 6.45) is 0. The lowest BCUT2D eigenvalue weighted by Gasteiger charge is -2.22. The molecule has 39 heavy (non-hydrogen) atoms. The van der Waals surface area contributed by atoms with Crippen LogP contribution in [0.4, 0.5) is 0 Å². The number of aryl methyl sites for hydroxylation is 3. The minimum absolute atomic E-state index is 1.24. The fraction of sp³-hybridized carbons (Fsp3) is 0.0769. The Morgan fingerprint density at radius 2 is 0.872 bits per heavy atom. The first-order valence-electron chi connectivity index (χ1n) is 13.7. The summed E-state index contributed by atoms with van der Waals surface area (Å²) in [5.74, 6) is 0. The van der Waals surface area contributed by atoms with Crippen LogP contribution in [0.1, 0.15) is 16.7 Å². The molecule has 7 rings (SSSR count). The highest BCUT2D eigenvalue weighted by molar-refractivity contribution is 6.23. The summed E-state index contributed by atoms with van der Waals surface area (Å²) in [6, 6.07) is 47.0. The van der Waals surface area contributed by atoms with Crippen LogP contribution in [0.2, 0.25) is 0 Å². The van der Waals surface area contributed by atoms with E-state index in [2.05, 4.69) is 148 Å². The molecule has 0 aliphatic heterocycles. The Morgan fingerprint density at radius 3 is 1.51 bits per heavy atom. The van der Waals surface area contributed by atoms with Gasteiger partial charge in [0, 0.05) is 0 Å². The van der Waals surface area contributed by atoms with E-state index in [0.717, 1.165) is 0 Å². The molecule has 0 N–H and O–H groups in total. The Labute approximate surface area is 230 Å². The Morgan fingerprint density at radius 1 is 0.359 bits per heavy atom. The fourth-order valence-corrected chi connectivity index (χ4v) is 6.11. The summed E-state index contributed by atoms with van der Waals surface area (Å²) < 4.78 is 0. The van der Waals surface area contributed by atoms with Crippen molar-refractivity contribution < 1.29 is 0 Å². The van der Waals surface area contributed by atoms with Crippen LogP contribution in [0.3, 0.4) is 0 Å². The fourth-order valence-electron chi connectivity index (χ4n) is 6.11. The van der Waals surface area contributed by atoms with Crippen LogP contribution in [0, 0.1) is 20.8 Å². The first-order valence-corrected chi connectivity index (χ1v) is 13.7. The number of hydrogen-bond donors (Lipinski definition) is 0. The van der Waals surface area contributed by atoms with Crippen molar-refractivity contribution >= 4 is 32.3 Å². The second-order valence-corrected chi connectivity index (χ2v) is 10.8. The van der Waals surface area contributed by atoms with Gasteiger partial charge in [0.15, 0.2) is 0 Å². The second-order valence-electron chi connectivity index (χ2n) is 10.8. The van der Waals surface area contributed by atoms with E-state index in [1.165, 1.54) is 82.4 Å². The van der Waals surface area contributed by atoms with Gasteiger partial charge >= 0.3 is 0 Å². The minimum Gasteiger partial charge on any atom is -0.0622 e. The van der Waals surface area contributed by atoms with Crippen LogP contribution in [0.5, 0.6) is 0 Å². The summed E-state index contributed by atoms with van der Waals surface area (Å²) in [5, 5.41) is 7.74. The third-order valence-electron chi connectivity index (χ3n) is 8.19. The molecule has 0 aliphatic carbocycles. The van der Waals surface area contributed by atoms with Crippen molar-refractivity contribution in [1.82, 2.24) is 0 Å². The first-order chi connectivity index (χ1) is 19.1. The lowest BCUT2D eigenvalue weighted by Crippen LogP contribution is -1.95. The van der Waals surface area contributed by atoms with Gasteiger partial charge in [0.25, 0.3) is 0 Å². The van der Waals surface area contributed by atoms with Gasteiger partial charge in [-0.25, -0.2) is 0 Å². The Hall–Kier alpha value is -4.68. The highest BCUT2D eigenvalue weighted by atomic mass is 14.2. The van der Waals surface area contributed by atoms with Gasteiger partial charge in [-0.15, -0.1) is 0 Å². The van der Waals surface area contributed by atoms with Crippen molar-refractivity contribution in [3.05, 3.63) is 144 Å². The SMILES string of the molecule is Cc1ccc2c(-c3cc4ccccc4cc3-c3ccccc3)c3cc(C)c(C)cc3c(-c3ccccc3)c2c1. The van der Waals surface area contributed by atoms with E-state index in [4.69, 9.17) is 0 Å². The van der Waals surface area contributed by atoms with E-state index in [-0.39, 0.29) is 0 Å². The lowest BCUT2D eigenvalue weighted by atomic mass is 9.81. The van der Waals surface area contributed by atoms with Crippen LogP contribution in [0.25, 0.3) is 65.7 Å². The molecule has 7 aromatic carbocycles. The molecule has 0 bridgehead atoms. The lowest BCUT2D eigenvalue weighted by molar-refractivity contribution is 1.37. The van der Waals surface area contributed by atoms with Gasteiger partial charge in [-0.2, -0.15) is 0 Å². The van der Waals surface area contributed by atoms with Crippen LogP contribution < -0.4 is 0 Å². The molecule has 0 atom stereocenters. The Kier molecular flexibility index (Phi) is 5.56. The zero-order chi connectivity index (χ0) is 26.5. The summed E-state index contributed by atoms with van der Waals surface area (Å²) in [5.41, 5.74) is 11.6. The number of fused-ring (bicyclic) bond motifs is 3. The van der Waals surface area contributed by atoms with E-state index in [1.54, 1.807) is 0 Å². The molecule has 0 spiro atoms. The maximum atomic E-state index is 2.41. The maximum absolute atomic E-state index is 2.41. The van der Waals surface area contributed by atoms with Crippen molar-refractivity contribution in [2.75, 3.05) is 0 Å². The molecule has 7 aromatic rings. The van der Waals surface area contributed by atoms with E-state index < -0.39 is 0 Å². The third kappa shape index (κ3) is 3.92. The molecule has 186 valence electrons. The summed E-state index contributed by atoms with van der Waals surface area (Å²) >= 11 is 0. The van der Waals surface area contributed by atoms with Gasteiger partial charge in [0.2, 0.25) is 0 Å². The Balaban J connectivity index is 1.72. The number of benzene rings is 7. The predicted molar refractivity (Wildman–Crippen MR) is 169 cm³/mol. The van der Waals surface area contributed by atoms with E-state index >= 15 is 0 Å². The molecule has 0 unspecified atom stereocenters. The van der Waals surface area contributed by atoms with Crippen LogP contribution in [-0.4, -0.2) is 0 Å². The molecule has 0 aromatic heterocycles. The molecule has 0 amide bonds. The Bertz CT molecular complexity index is 2010. The van der Waals surface area contributed by atoms with Crippen molar-refractivity contribution in [1.29, 1.82) is 0 Å². The van der Waals surface area contributed by atoms with Crippen molar-refractivity contribution in [2.45, 2.75) is 20.8 Å². The standard InChI is InChI=1S/C39H30/c1-25-18-19-32-34(20-25)38(29-14-8-5-9-15-29)35-21-26(2)27(3)22-36(35)39(32)37-24-31-17-11-10-16-30(31)23-33(37)28-12-6-4-7-13-28/h4-24H,1-3H3. The van der Waals surface area contributed by atoms with E-state index in [0.29, 0.717) is 0 Å². The molecule has 0 nitrogen and oxygen atoms in total. The molecule has 0 aliphatic rings. The highest BCUT2D eigenvalue weighted by Gasteiger charge is 2.20. The summed E-state index contributed by atoms with van der Waals surface area (Å²) in [7, 11) is 0. The minimum atomic E-state index is 1.24. The molecule has 0 saturated carbocycles. The third-order valence-corrected chi connectivity index (χ3v) is 8.19.